The van der Waals surface area contributed by atoms with E-state index in [0.29, 0.717) is 12.1 Å². The van der Waals surface area contributed by atoms with E-state index in [0.717, 1.165) is 17.4 Å². The fourth-order valence-corrected chi connectivity index (χ4v) is 2.82. The van der Waals surface area contributed by atoms with Gasteiger partial charge >= 0.3 is 5.69 Å². The van der Waals surface area contributed by atoms with Crippen LogP contribution in [0.25, 0.3) is 0 Å². The van der Waals surface area contributed by atoms with E-state index in [2.05, 4.69) is 4.98 Å². The summed E-state index contributed by atoms with van der Waals surface area (Å²) in [6.45, 7) is 3.46. The molecule has 1 aromatic heterocycles. The second-order valence-electron chi connectivity index (χ2n) is 6.11. The lowest BCUT2D eigenvalue weighted by Crippen LogP contribution is -2.37. The van der Waals surface area contributed by atoms with E-state index in [1.807, 2.05) is 30.3 Å². The van der Waals surface area contributed by atoms with Crippen LogP contribution in [0, 0.1) is 5.92 Å². The number of hydrogen-bond donors (Lipinski definition) is 4. The number of rotatable bonds is 7. The number of aromatic amines is 1. The number of carbonyl (C=O) groups is 1. The first kappa shape index (κ1) is 17.8. The summed E-state index contributed by atoms with van der Waals surface area (Å²) in [5.41, 5.74) is 2.56. The summed E-state index contributed by atoms with van der Waals surface area (Å²) in [6.07, 6.45) is 2.04. The van der Waals surface area contributed by atoms with E-state index in [9.17, 15) is 14.7 Å². The average molecular weight is 333 g/mol. The van der Waals surface area contributed by atoms with E-state index in [1.54, 1.807) is 19.3 Å². The zero-order valence-electron chi connectivity index (χ0n) is 13.8. The molecule has 0 spiro atoms. The molecule has 7 nitrogen and oxygen atoms in total. The number of amides is 1. The molecule has 1 heterocycles. The lowest BCUT2D eigenvalue weighted by atomic mass is 10.0. The van der Waals surface area contributed by atoms with E-state index in [-0.39, 0.29) is 11.8 Å². The van der Waals surface area contributed by atoms with Crippen LogP contribution in [0.15, 0.2) is 35.1 Å². The van der Waals surface area contributed by atoms with Crippen LogP contribution in [0.3, 0.4) is 0 Å². The summed E-state index contributed by atoms with van der Waals surface area (Å²) in [6, 6.07) is 8.94. The van der Waals surface area contributed by atoms with Gasteiger partial charge in [-0.25, -0.2) is 10.3 Å². The Balaban J connectivity index is 2.16. The van der Waals surface area contributed by atoms with Crippen LogP contribution in [0.2, 0.25) is 0 Å². The van der Waals surface area contributed by atoms with Crippen LogP contribution < -0.4 is 11.2 Å². The maximum Gasteiger partial charge on any atom is 0.329 e. The van der Waals surface area contributed by atoms with Gasteiger partial charge in [-0.1, -0.05) is 44.2 Å². The second-order valence-corrected chi connectivity index (χ2v) is 6.11. The SMILES string of the molecule is CC(C)[C@H](C(=O)NO)n1c(O)c(CCCc2ccccc2)[nH]c1=O. The zero-order valence-corrected chi connectivity index (χ0v) is 13.8. The topological polar surface area (TPSA) is 107 Å². The van der Waals surface area contributed by atoms with Gasteiger partial charge in [-0.05, 0) is 30.7 Å². The molecular weight excluding hydrogens is 310 g/mol. The molecule has 1 atom stereocenters. The van der Waals surface area contributed by atoms with Crippen LogP contribution >= 0.6 is 0 Å². The van der Waals surface area contributed by atoms with Crippen molar-refractivity contribution < 1.29 is 15.1 Å². The minimum absolute atomic E-state index is 0.254. The average Bonchev–Trinajstić information content (AvgIpc) is 2.83. The molecule has 2 aromatic rings. The third kappa shape index (κ3) is 3.86. The Morgan fingerprint density at radius 3 is 2.50 bits per heavy atom. The van der Waals surface area contributed by atoms with Gasteiger partial charge in [0.25, 0.3) is 5.91 Å². The predicted molar refractivity (Wildman–Crippen MR) is 89.0 cm³/mol. The predicted octanol–water partition coefficient (Wildman–Crippen LogP) is 1.76. The fraction of sp³-hybridized carbons (Fsp3) is 0.412. The number of benzene rings is 1. The van der Waals surface area contributed by atoms with Crippen molar-refractivity contribution in [3.05, 3.63) is 52.1 Å². The third-order valence-electron chi connectivity index (χ3n) is 4.00. The first-order chi connectivity index (χ1) is 11.5. The number of aryl methyl sites for hydroxylation is 2. The Bertz CT molecular complexity index is 734. The highest BCUT2D eigenvalue weighted by Crippen LogP contribution is 2.25. The standard InChI is InChI=1S/C17H23N3O4/c1-11(2)14(15(21)19-24)20-16(22)13(18-17(20)23)10-6-9-12-7-4-3-5-8-12/h3-5,7-8,11,14,22,24H,6,9-10H2,1-2H3,(H,18,23)(H,19,21)/t14-/m1/s1. The number of carbonyl (C=O) groups excluding carboxylic acids is 1. The van der Waals surface area contributed by atoms with Gasteiger partial charge in [0.15, 0.2) is 0 Å². The Kier molecular flexibility index (Phi) is 5.81. The van der Waals surface area contributed by atoms with E-state index >= 15 is 0 Å². The molecule has 7 heteroatoms. The maximum absolute atomic E-state index is 12.1. The molecule has 0 aliphatic rings. The Morgan fingerprint density at radius 1 is 1.25 bits per heavy atom. The van der Waals surface area contributed by atoms with Gasteiger partial charge in [-0.15, -0.1) is 0 Å². The summed E-state index contributed by atoms with van der Waals surface area (Å²) in [4.78, 5) is 26.6. The van der Waals surface area contributed by atoms with Crippen molar-refractivity contribution in [1.82, 2.24) is 15.0 Å². The largest absolute Gasteiger partial charge is 0.493 e. The molecule has 4 N–H and O–H groups in total. The van der Waals surface area contributed by atoms with Crippen LogP contribution in [-0.2, 0) is 17.6 Å². The molecule has 1 aromatic carbocycles. The molecule has 0 unspecified atom stereocenters. The number of imidazole rings is 1. The van der Waals surface area contributed by atoms with Crippen molar-refractivity contribution in [3.63, 3.8) is 0 Å². The molecule has 0 radical (unpaired) electrons. The molecule has 2 rings (SSSR count). The zero-order chi connectivity index (χ0) is 17.7. The normalized spacial score (nSPS) is 12.3. The molecule has 130 valence electrons. The first-order valence-corrected chi connectivity index (χ1v) is 7.96. The summed E-state index contributed by atoms with van der Waals surface area (Å²) in [7, 11) is 0. The number of nitrogens with zero attached hydrogens (tertiary/aromatic N) is 1. The molecule has 0 bridgehead atoms. The number of H-pyrrole nitrogens is 1. The van der Waals surface area contributed by atoms with E-state index < -0.39 is 17.6 Å². The Labute approximate surface area is 139 Å². The van der Waals surface area contributed by atoms with E-state index in [1.165, 1.54) is 5.56 Å². The van der Waals surface area contributed by atoms with Crippen molar-refractivity contribution in [3.8, 4) is 5.88 Å². The van der Waals surface area contributed by atoms with Crippen molar-refractivity contribution in [2.45, 2.75) is 39.2 Å². The molecule has 1 amide bonds. The van der Waals surface area contributed by atoms with Crippen LogP contribution in [0.5, 0.6) is 5.88 Å². The Morgan fingerprint density at radius 2 is 1.92 bits per heavy atom. The summed E-state index contributed by atoms with van der Waals surface area (Å²) < 4.78 is 0.994. The summed E-state index contributed by atoms with van der Waals surface area (Å²) in [5.74, 6) is -1.28. The molecule has 0 saturated carbocycles. The minimum atomic E-state index is -0.985. The highest BCUT2D eigenvalue weighted by Gasteiger charge is 2.29. The maximum atomic E-state index is 12.1. The number of aromatic nitrogens is 2. The quantitative estimate of drug-likeness (QED) is 0.457. The van der Waals surface area contributed by atoms with Crippen LogP contribution in [-0.4, -0.2) is 25.8 Å². The van der Waals surface area contributed by atoms with Crippen molar-refractivity contribution in [1.29, 1.82) is 0 Å². The second kappa shape index (κ2) is 7.83. The highest BCUT2D eigenvalue weighted by molar-refractivity contribution is 5.79. The molecular formula is C17H23N3O4. The lowest BCUT2D eigenvalue weighted by molar-refractivity contribution is -0.134. The van der Waals surface area contributed by atoms with Gasteiger partial charge in [0, 0.05) is 0 Å². The van der Waals surface area contributed by atoms with Gasteiger partial charge in [-0.3, -0.25) is 14.6 Å². The molecule has 0 aliphatic carbocycles. The van der Waals surface area contributed by atoms with Crippen molar-refractivity contribution >= 4 is 5.91 Å². The molecule has 0 aliphatic heterocycles. The van der Waals surface area contributed by atoms with Crippen molar-refractivity contribution in [2.24, 2.45) is 5.92 Å². The number of hydrogen-bond acceptors (Lipinski definition) is 4. The van der Waals surface area contributed by atoms with Gasteiger partial charge in [0.2, 0.25) is 5.88 Å². The minimum Gasteiger partial charge on any atom is -0.493 e. The van der Waals surface area contributed by atoms with Gasteiger partial charge in [-0.2, -0.15) is 0 Å². The summed E-state index contributed by atoms with van der Waals surface area (Å²) >= 11 is 0. The molecule has 0 saturated heterocycles. The van der Waals surface area contributed by atoms with Gasteiger partial charge < -0.3 is 10.1 Å². The molecule has 24 heavy (non-hydrogen) atoms. The highest BCUT2D eigenvalue weighted by atomic mass is 16.5. The van der Waals surface area contributed by atoms with Gasteiger partial charge in [0.05, 0.1) is 5.69 Å². The lowest BCUT2D eigenvalue weighted by Gasteiger charge is -2.19. The Hall–Kier alpha value is -2.54. The number of aromatic hydroxyl groups is 1. The first-order valence-electron chi connectivity index (χ1n) is 7.96. The van der Waals surface area contributed by atoms with Crippen LogP contribution in [0.1, 0.15) is 37.6 Å². The summed E-state index contributed by atoms with van der Waals surface area (Å²) in [5, 5.41) is 19.2. The number of nitrogens with one attached hydrogen (secondary N) is 2. The van der Waals surface area contributed by atoms with Gasteiger partial charge in [0.1, 0.15) is 6.04 Å². The number of hydroxylamine groups is 1. The molecule has 0 fully saturated rings. The van der Waals surface area contributed by atoms with E-state index in [4.69, 9.17) is 5.21 Å². The third-order valence-corrected chi connectivity index (χ3v) is 4.00. The van der Waals surface area contributed by atoms with Crippen LogP contribution in [0.4, 0.5) is 0 Å². The monoisotopic (exact) mass is 333 g/mol. The smallest absolute Gasteiger partial charge is 0.329 e. The fourth-order valence-electron chi connectivity index (χ4n) is 2.82. The van der Waals surface area contributed by atoms with Crippen molar-refractivity contribution in [2.75, 3.05) is 0 Å².